The summed E-state index contributed by atoms with van der Waals surface area (Å²) >= 11 is 0. The van der Waals surface area contributed by atoms with Crippen molar-refractivity contribution in [3.63, 3.8) is 0 Å². The molecule has 4 heteroatoms. The fraction of sp³-hybridized carbons (Fsp3) is 0.682. The summed E-state index contributed by atoms with van der Waals surface area (Å²) in [6.45, 7) is 6.44. The lowest BCUT2D eigenvalue weighted by Crippen LogP contribution is -2.28. The standard InChI is InChI=1S/C22H38N2O2/c1-3-5-7-9-11-16-23-19-22(25)24-20-14-13-15-21(18-20)26-17-12-10-8-6-4-2/h13-15,18,23H,3-12,16-17,19H2,1-2H3,(H,24,25). The molecule has 0 saturated heterocycles. The van der Waals surface area contributed by atoms with Gasteiger partial charge in [0.25, 0.3) is 0 Å². The van der Waals surface area contributed by atoms with E-state index >= 15 is 0 Å². The van der Waals surface area contributed by atoms with Crippen molar-refractivity contribution in [2.24, 2.45) is 0 Å². The van der Waals surface area contributed by atoms with Gasteiger partial charge in [0.1, 0.15) is 5.75 Å². The SMILES string of the molecule is CCCCCCCNCC(=O)Nc1cccc(OCCCCCCC)c1. The molecule has 1 rings (SSSR count). The van der Waals surface area contributed by atoms with Crippen LogP contribution in [0.15, 0.2) is 24.3 Å². The number of benzene rings is 1. The molecule has 0 radical (unpaired) electrons. The summed E-state index contributed by atoms with van der Waals surface area (Å²) in [5.41, 5.74) is 0.795. The Labute approximate surface area is 160 Å². The molecule has 0 fully saturated rings. The highest BCUT2D eigenvalue weighted by molar-refractivity contribution is 5.92. The molecule has 0 heterocycles. The highest BCUT2D eigenvalue weighted by Gasteiger charge is 2.03. The van der Waals surface area contributed by atoms with Gasteiger partial charge in [0, 0.05) is 11.8 Å². The Morgan fingerprint density at radius 2 is 1.62 bits per heavy atom. The summed E-state index contributed by atoms with van der Waals surface area (Å²) < 4.78 is 5.79. The molecule has 26 heavy (non-hydrogen) atoms. The number of carbonyl (C=O) groups excluding carboxylic acids is 1. The van der Waals surface area contributed by atoms with E-state index in [4.69, 9.17) is 4.74 Å². The zero-order valence-electron chi connectivity index (χ0n) is 16.8. The first-order valence-corrected chi connectivity index (χ1v) is 10.5. The van der Waals surface area contributed by atoms with Crippen molar-refractivity contribution in [3.8, 4) is 5.75 Å². The number of hydrogen-bond acceptors (Lipinski definition) is 3. The van der Waals surface area contributed by atoms with Crippen LogP contribution in [-0.4, -0.2) is 25.6 Å². The highest BCUT2D eigenvalue weighted by Crippen LogP contribution is 2.17. The third kappa shape index (κ3) is 11.9. The van der Waals surface area contributed by atoms with Crippen LogP contribution in [0.3, 0.4) is 0 Å². The summed E-state index contributed by atoms with van der Waals surface area (Å²) in [5, 5.41) is 6.14. The Hall–Kier alpha value is -1.55. The van der Waals surface area contributed by atoms with Gasteiger partial charge in [-0.25, -0.2) is 0 Å². The fourth-order valence-electron chi connectivity index (χ4n) is 2.82. The first-order valence-electron chi connectivity index (χ1n) is 10.5. The molecule has 1 aromatic rings. The average molecular weight is 363 g/mol. The molecule has 0 aliphatic heterocycles. The van der Waals surface area contributed by atoms with Gasteiger partial charge < -0.3 is 15.4 Å². The molecule has 0 spiro atoms. The quantitative estimate of drug-likeness (QED) is 0.380. The zero-order chi connectivity index (χ0) is 18.9. The molecule has 0 aromatic heterocycles. The molecule has 0 aliphatic rings. The van der Waals surface area contributed by atoms with Crippen molar-refractivity contribution in [2.45, 2.75) is 78.1 Å². The van der Waals surface area contributed by atoms with Crippen LogP contribution in [0.1, 0.15) is 78.1 Å². The number of unbranched alkanes of at least 4 members (excludes halogenated alkanes) is 8. The van der Waals surface area contributed by atoms with Crippen LogP contribution in [0.4, 0.5) is 5.69 Å². The molecule has 1 amide bonds. The van der Waals surface area contributed by atoms with Gasteiger partial charge in [-0.2, -0.15) is 0 Å². The number of hydrogen-bond donors (Lipinski definition) is 2. The van der Waals surface area contributed by atoms with Crippen molar-refractivity contribution < 1.29 is 9.53 Å². The lowest BCUT2D eigenvalue weighted by atomic mass is 10.1. The van der Waals surface area contributed by atoms with Crippen LogP contribution >= 0.6 is 0 Å². The van der Waals surface area contributed by atoms with Crippen LogP contribution < -0.4 is 15.4 Å². The van der Waals surface area contributed by atoms with E-state index in [0.717, 1.165) is 37.4 Å². The normalized spacial score (nSPS) is 10.7. The van der Waals surface area contributed by atoms with Gasteiger partial charge in [-0.1, -0.05) is 71.3 Å². The smallest absolute Gasteiger partial charge is 0.238 e. The van der Waals surface area contributed by atoms with Crippen molar-refractivity contribution in [1.29, 1.82) is 0 Å². The van der Waals surface area contributed by atoms with Crippen molar-refractivity contribution in [1.82, 2.24) is 5.32 Å². The predicted octanol–water partition coefficient (Wildman–Crippen LogP) is 5.53. The first kappa shape index (κ1) is 22.5. The van der Waals surface area contributed by atoms with E-state index in [1.807, 2.05) is 24.3 Å². The first-order chi connectivity index (χ1) is 12.8. The monoisotopic (exact) mass is 362 g/mol. The molecule has 148 valence electrons. The molecule has 1 aromatic carbocycles. The second-order valence-corrected chi connectivity index (χ2v) is 6.93. The second kappa shape index (κ2) is 15.7. The largest absolute Gasteiger partial charge is 0.494 e. The molecule has 2 N–H and O–H groups in total. The van der Waals surface area contributed by atoms with E-state index in [2.05, 4.69) is 24.5 Å². The third-order valence-electron chi connectivity index (χ3n) is 4.38. The predicted molar refractivity (Wildman–Crippen MR) is 111 cm³/mol. The fourth-order valence-corrected chi connectivity index (χ4v) is 2.82. The molecular formula is C22H38N2O2. The van der Waals surface area contributed by atoms with E-state index < -0.39 is 0 Å². The number of amides is 1. The maximum Gasteiger partial charge on any atom is 0.238 e. The van der Waals surface area contributed by atoms with Crippen LogP contribution in [0, 0.1) is 0 Å². The Morgan fingerprint density at radius 1 is 0.923 bits per heavy atom. The minimum atomic E-state index is -0.00438. The van der Waals surface area contributed by atoms with Crippen LogP contribution in [0.2, 0.25) is 0 Å². The van der Waals surface area contributed by atoms with E-state index in [1.54, 1.807) is 0 Å². The van der Waals surface area contributed by atoms with E-state index in [-0.39, 0.29) is 5.91 Å². The number of nitrogens with one attached hydrogen (secondary N) is 2. The Morgan fingerprint density at radius 3 is 2.35 bits per heavy atom. The molecule has 0 aliphatic carbocycles. The Bertz CT molecular complexity index is 477. The van der Waals surface area contributed by atoms with Gasteiger partial charge in [0.15, 0.2) is 0 Å². The summed E-state index contributed by atoms with van der Waals surface area (Å²) in [6, 6.07) is 7.66. The van der Waals surface area contributed by atoms with Crippen LogP contribution in [-0.2, 0) is 4.79 Å². The zero-order valence-corrected chi connectivity index (χ0v) is 16.8. The van der Waals surface area contributed by atoms with Gasteiger partial charge in [-0.15, -0.1) is 0 Å². The summed E-state index contributed by atoms with van der Waals surface area (Å²) in [6.07, 6.45) is 12.4. The van der Waals surface area contributed by atoms with Gasteiger partial charge in [0.05, 0.1) is 13.2 Å². The van der Waals surface area contributed by atoms with Crippen molar-refractivity contribution in [3.05, 3.63) is 24.3 Å². The molecule has 0 saturated carbocycles. The third-order valence-corrected chi connectivity index (χ3v) is 4.38. The lowest BCUT2D eigenvalue weighted by molar-refractivity contribution is -0.115. The van der Waals surface area contributed by atoms with Crippen LogP contribution in [0.5, 0.6) is 5.75 Å². The van der Waals surface area contributed by atoms with Gasteiger partial charge in [-0.05, 0) is 31.5 Å². The molecule has 0 atom stereocenters. The second-order valence-electron chi connectivity index (χ2n) is 6.93. The summed E-state index contributed by atoms with van der Waals surface area (Å²) in [4.78, 5) is 12.0. The van der Waals surface area contributed by atoms with Crippen LogP contribution in [0.25, 0.3) is 0 Å². The molecule has 0 unspecified atom stereocenters. The maximum atomic E-state index is 12.0. The van der Waals surface area contributed by atoms with Crippen molar-refractivity contribution in [2.75, 3.05) is 25.0 Å². The Balaban J connectivity index is 2.16. The lowest BCUT2D eigenvalue weighted by Gasteiger charge is -2.10. The number of ether oxygens (including phenoxy) is 1. The van der Waals surface area contributed by atoms with Gasteiger partial charge in [-0.3, -0.25) is 4.79 Å². The molecular weight excluding hydrogens is 324 g/mol. The van der Waals surface area contributed by atoms with E-state index in [1.165, 1.54) is 51.4 Å². The summed E-state index contributed by atoms with van der Waals surface area (Å²) in [5.74, 6) is 0.817. The number of rotatable bonds is 16. The topological polar surface area (TPSA) is 50.4 Å². The van der Waals surface area contributed by atoms with Crippen molar-refractivity contribution >= 4 is 11.6 Å². The summed E-state index contributed by atoms with van der Waals surface area (Å²) in [7, 11) is 0. The van der Waals surface area contributed by atoms with Gasteiger partial charge in [0.2, 0.25) is 5.91 Å². The van der Waals surface area contributed by atoms with E-state index in [0.29, 0.717) is 6.54 Å². The Kier molecular flexibility index (Phi) is 13.6. The maximum absolute atomic E-state index is 12.0. The molecule has 0 bridgehead atoms. The van der Waals surface area contributed by atoms with Gasteiger partial charge >= 0.3 is 0 Å². The number of anilines is 1. The molecule has 4 nitrogen and oxygen atoms in total. The minimum Gasteiger partial charge on any atom is -0.494 e. The minimum absolute atomic E-state index is 0.00438. The highest BCUT2D eigenvalue weighted by atomic mass is 16.5. The number of carbonyl (C=O) groups is 1. The average Bonchev–Trinajstić information content (AvgIpc) is 2.64. The van der Waals surface area contributed by atoms with E-state index in [9.17, 15) is 4.79 Å².